The van der Waals surface area contributed by atoms with E-state index in [4.69, 9.17) is 0 Å². The number of rotatable bonds is 4. The van der Waals surface area contributed by atoms with E-state index in [2.05, 4.69) is 17.2 Å². The fraction of sp³-hybridized carbons (Fsp3) is 0.357. The van der Waals surface area contributed by atoms with Gasteiger partial charge in [-0.3, -0.25) is 0 Å². The summed E-state index contributed by atoms with van der Waals surface area (Å²) in [5, 5.41) is 3.86. The second-order valence-electron chi connectivity index (χ2n) is 4.25. The molecule has 18 heavy (non-hydrogen) atoms. The molecule has 0 amide bonds. The van der Waals surface area contributed by atoms with Crippen LogP contribution < -0.4 is 5.32 Å². The third kappa shape index (κ3) is 2.42. The number of hydrogen-bond acceptors (Lipinski definition) is 2. The summed E-state index contributed by atoms with van der Waals surface area (Å²) in [6.07, 6.45) is -0.504. The van der Waals surface area contributed by atoms with E-state index in [1.807, 2.05) is 18.2 Å². The van der Waals surface area contributed by atoms with Gasteiger partial charge in [0.2, 0.25) is 0 Å². The van der Waals surface area contributed by atoms with Gasteiger partial charge in [-0.15, -0.1) is 0 Å². The molecule has 2 aromatic rings. The van der Waals surface area contributed by atoms with Gasteiger partial charge < -0.3 is 5.32 Å². The molecule has 1 N–H and O–H groups in total. The smallest absolute Gasteiger partial charge is 0.280 e. The molecule has 0 unspecified atom stereocenters. The van der Waals surface area contributed by atoms with Gasteiger partial charge >= 0.3 is 0 Å². The largest absolute Gasteiger partial charge is 0.388 e. The summed E-state index contributed by atoms with van der Waals surface area (Å²) in [6, 6.07) is 7.20. The van der Waals surface area contributed by atoms with Crippen molar-refractivity contribution in [2.24, 2.45) is 0 Å². The van der Waals surface area contributed by atoms with Crippen LogP contribution in [0.2, 0.25) is 0 Å². The molecule has 2 nitrogen and oxygen atoms in total. The molecule has 0 atom stereocenters. The third-order valence-electron chi connectivity index (χ3n) is 2.92. The first-order chi connectivity index (χ1) is 8.65. The Morgan fingerprint density at radius 3 is 2.67 bits per heavy atom. The van der Waals surface area contributed by atoms with Crippen molar-refractivity contribution in [3.8, 4) is 0 Å². The lowest BCUT2D eigenvalue weighted by Gasteiger charge is -2.10. The molecule has 0 radical (unpaired) electrons. The minimum atomic E-state index is -2.54. The molecular weight excluding hydrogens is 234 g/mol. The van der Waals surface area contributed by atoms with Gasteiger partial charge in [0.25, 0.3) is 6.43 Å². The molecule has 1 aromatic heterocycles. The average molecular weight is 250 g/mol. The number of aryl methyl sites for hydroxylation is 1. The molecule has 0 fully saturated rings. The molecule has 1 heterocycles. The maximum atomic E-state index is 12.7. The third-order valence-corrected chi connectivity index (χ3v) is 2.92. The van der Waals surface area contributed by atoms with Gasteiger partial charge in [-0.25, -0.2) is 13.8 Å². The van der Waals surface area contributed by atoms with Crippen LogP contribution in [-0.2, 0) is 6.42 Å². The van der Waals surface area contributed by atoms with Crippen LogP contribution in [0.5, 0.6) is 0 Å². The predicted octanol–water partition coefficient (Wildman–Crippen LogP) is 4.17. The SMILES string of the molecule is CCCc1ccc2nc(C(F)F)cc(NC)c2c1. The fourth-order valence-electron chi connectivity index (χ4n) is 2.06. The van der Waals surface area contributed by atoms with E-state index in [-0.39, 0.29) is 5.69 Å². The quantitative estimate of drug-likeness (QED) is 0.881. The number of halogens is 2. The first kappa shape index (κ1) is 12.7. The van der Waals surface area contributed by atoms with E-state index in [1.165, 1.54) is 11.6 Å². The predicted molar refractivity (Wildman–Crippen MR) is 70.2 cm³/mol. The highest BCUT2D eigenvalue weighted by Gasteiger charge is 2.12. The number of hydrogen-bond donors (Lipinski definition) is 1. The van der Waals surface area contributed by atoms with Crippen molar-refractivity contribution < 1.29 is 8.78 Å². The molecule has 0 spiro atoms. The van der Waals surface area contributed by atoms with Gasteiger partial charge in [-0.05, 0) is 30.2 Å². The van der Waals surface area contributed by atoms with Crippen molar-refractivity contribution in [2.75, 3.05) is 12.4 Å². The first-order valence-corrected chi connectivity index (χ1v) is 6.05. The van der Waals surface area contributed by atoms with Crippen LogP contribution in [-0.4, -0.2) is 12.0 Å². The van der Waals surface area contributed by atoms with E-state index in [9.17, 15) is 8.78 Å². The number of fused-ring (bicyclic) bond motifs is 1. The van der Waals surface area contributed by atoms with Gasteiger partial charge in [-0.2, -0.15) is 0 Å². The van der Waals surface area contributed by atoms with Crippen LogP contribution in [0.25, 0.3) is 10.9 Å². The molecular formula is C14H16F2N2. The van der Waals surface area contributed by atoms with Crippen LogP contribution in [0.15, 0.2) is 24.3 Å². The van der Waals surface area contributed by atoms with Crippen molar-refractivity contribution in [2.45, 2.75) is 26.2 Å². The molecule has 0 aliphatic carbocycles. The van der Waals surface area contributed by atoms with E-state index in [1.54, 1.807) is 7.05 Å². The number of nitrogens with zero attached hydrogens (tertiary/aromatic N) is 1. The zero-order valence-corrected chi connectivity index (χ0v) is 10.5. The number of nitrogens with one attached hydrogen (secondary N) is 1. The van der Waals surface area contributed by atoms with Crippen molar-refractivity contribution in [3.63, 3.8) is 0 Å². The zero-order chi connectivity index (χ0) is 13.1. The van der Waals surface area contributed by atoms with E-state index in [0.29, 0.717) is 11.2 Å². The molecule has 2 rings (SSSR count). The van der Waals surface area contributed by atoms with Gasteiger partial charge in [0.15, 0.2) is 0 Å². The lowest BCUT2D eigenvalue weighted by Crippen LogP contribution is -1.97. The summed E-state index contributed by atoms with van der Waals surface area (Å²) in [4.78, 5) is 3.99. The van der Waals surface area contributed by atoms with E-state index < -0.39 is 6.43 Å². The molecule has 0 aliphatic rings. The van der Waals surface area contributed by atoms with Crippen molar-refractivity contribution >= 4 is 16.6 Å². The Kier molecular flexibility index (Phi) is 3.75. The van der Waals surface area contributed by atoms with Crippen LogP contribution in [0.3, 0.4) is 0 Å². The first-order valence-electron chi connectivity index (χ1n) is 6.05. The van der Waals surface area contributed by atoms with Crippen LogP contribution >= 0.6 is 0 Å². The molecule has 96 valence electrons. The molecule has 4 heteroatoms. The summed E-state index contributed by atoms with van der Waals surface area (Å²) in [5.74, 6) is 0. The summed E-state index contributed by atoms with van der Waals surface area (Å²) in [6.45, 7) is 2.11. The zero-order valence-electron chi connectivity index (χ0n) is 10.5. The number of pyridine rings is 1. The molecule has 0 saturated heterocycles. The van der Waals surface area contributed by atoms with Gasteiger partial charge in [0.1, 0.15) is 5.69 Å². The highest BCUT2D eigenvalue weighted by atomic mass is 19.3. The summed E-state index contributed by atoms with van der Waals surface area (Å²) < 4.78 is 25.4. The standard InChI is InChI=1S/C14H16F2N2/c1-3-4-9-5-6-11-10(7-9)12(17-2)8-13(18-11)14(15)16/h5-8,14H,3-4H2,1-2H3,(H,17,18). The monoisotopic (exact) mass is 250 g/mol. The number of anilines is 1. The van der Waals surface area contributed by atoms with Gasteiger partial charge in [0.05, 0.1) is 5.52 Å². The van der Waals surface area contributed by atoms with Crippen molar-refractivity contribution in [1.29, 1.82) is 0 Å². The molecule has 1 aromatic carbocycles. The summed E-state index contributed by atoms with van der Waals surface area (Å²) >= 11 is 0. The maximum absolute atomic E-state index is 12.7. The Balaban J connectivity index is 2.60. The second-order valence-corrected chi connectivity index (χ2v) is 4.25. The summed E-state index contributed by atoms with van der Waals surface area (Å²) in [7, 11) is 1.73. The Bertz CT molecular complexity index is 553. The highest BCUT2D eigenvalue weighted by molar-refractivity contribution is 5.92. The van der Waals surface area contributed by atoms with Crippen LogP contribution in [0, 0.1) is 0 Å². The Morgan fingerprint density at radius 1 is 1.28 bits per heavy atom. The van der Waals surface area contributed by atoms with Gasteiger partial charge in [0, 0.05) is 18.1 Å². The number of benzene rings is 1. The minimum Gasteiger partial charge on any atom is -0.388 e. The lowest BCUT2D eigenvalue weighted by atomic mass is 10.1. The van der Waals surface area contributed by atoms with Crippen LogP contribution in [0.1, 0.15) is 31.0 Å². The fourth-order valence-corrected chi connectivity index (χ4v) is 2.06. The maximum Gasteiger partial charge on any atom is 0.280 e. The second kappa shape index (κ2) is 5.29. The normalized spacial score (nSPS) is 11.2. The number of alkyl halides is 2. The Morgan fingerprint density at radius 2 is 2.06 bits per heavy atom. The molecule has 0 bridgehead atoms. The van der Waals surface area contributed by atoms with Gasteiger partial charge in [-0.1, -0.05) is 19.4 Å². The molecule has 0 saturated carbocycles. The Hall–Kier alpha value is -1.71. The molecule has 0 aliphatic heterocycles. The average Bonchev–Trinajstić information content (AvgIpc) is 2.37. The Labute approximate surface area is 105 Å². The number of aromatic nitrogens is 1. The highest BCUT2D eigenvalue weighted by Crippen LogP contribution is 2.28. The van der Waals surface area contributed by atoms with E-state index in [0.717, 1.165) is 18.2 Å². The minimum absolute atomic E-state index is 0.185. The van der Waals surface area contributed by atoms with Crippen molar-refractivity contribution in [1.82, 2.24) is 4.98 Å². The lowest BCUT2D eigenvalue weighted by molar-refractivity contribution is 0.146. The van der Waals surface area contributed by atoms with Crippen molar-refractivity contribution in [3.05, 3.63) is 35.5 Å². The van der Waals surface area contributed by atoms with Crippen LogP contribution in [0.4, 0.5) is 14.5 Å². The van der Waals surface area contributed by atoms with E-state index >= 15 is 0 Å². The topological polar surface area (TPSA) is 24.9 Å². The summed E-state index contributed by atoms with van der Waals surface area (Å²) in [5.41, 5.74) is 2.33.